The van der Waals surface area contributed by atoms with Crippen LogP contribution in [0.1, 0.15) is 41.6 Å². The molecular weight excluding hydrogens is 366 g/mol. The number of nitrogens with one attached hydrogen (secondary N) is 1. The summed E-state index contributed by atoms with van der Waals surface area (Å²) in [4.78, 5) is 7.42. The van der Waals surface area contributed by atoms with Gasteiger partial charge < -0.3 is 4.90 Å². The van der Waals surface area contributed by atoms with Crippen LogP contribution in [0.25, 0.3) is 0 Å². The highest BCUT2D eigenvalue weighted by Crippen LogP contribution is 2.24. The zero-order valence-corrected chi connectivity index (χ0v) is 17.3. The van der Waals surface area contributed by atoms with Crippen molar-refractivity contribution in [2.24, 2.45) is 0 Å². The highest BCUT2D eigenvalue weighted by molar-refractivity contribution is 7.89. The summed E-state index contributed by atoms with van der Waals surface area (Å²) in [6, 6.07) is 3.82. The fraction of sp³-hybridized carbons (Fsp3) is 0.526. The van der Waals surface area contributed by atoms with Crippen LogP contribution in [0.2, 0.25) is 0 Å². The fourth-order valence-electron chi connectivity index (χ4n) is 3.62. The Balaban J connectivity index is 1.62. The topological polar surface area (TPSA) is 62.3 Å². The Hall–Kier alpha value is -1.44. The lowest BCUT2D eigenvalue weighted by molar-refractivity contribution is 0.575. The van der Waals surface area contributed by atoms with Crippen molar-refractivity contribution in [2.75, 3.05) is 24.5 Å². The molecule has 0 unspecified atom stereocenters. The van der Waals surface area contributed by atoms with Crippen LogP contribution in [0, 0.1) is 20.8 Å². The first-order chi connectivity index (χ1) is 12.4. The molecule has 1 aliphatic heterocycles. The molecule has 5 nitrogen and oxygen atoms in total. The molecule has 1 aromatic carbocycles. The van der Waals surface area contributed by atoms with Crippen molar-refractivity contribution < 1.29 is 8.42 Å². The first-order valence-electron chi connectivity index (χ1n) is 9.14. The molecule has 142 valence electrons. The van der Waals surface area contributed by atoms with E-state index in [0.29, 0.717) is 17.9 Å². The largest absolute Gasteiger partial charge is 0.348 e. The lowest BCUT2D eigenvalue weighted by atomic mass is 10.1. The fourth-order valence-corrected chi connectivity index (χ4v) is 6.01. The van der Waals surface area contributed by atoms with Crippen molar-refractivity contribution in [3.05, 3.63) is 39.9 Å². The van der Waals surface area contributed by atoms with Crippen LogP contribution in [-0.2, 0) is 16.4 Å². The Bertz CT molecular complexity index is 846. The van der Waals surface area contributed by atoms with Crippen molar-refractivity contribution in [3.8, 4) is 0 Å². The molecular formula is C19H27N3O2S2. The third-order valence-corrected chi connectivity index (χ3v) is 7.43. The average molecular weight is 394 g/mol. The first-order valence-corrected chi connectivity index (χ1v) is 11.5. The van der Waals surface area contributed by atoms with E-state index in [1.807, 2.05) is 38.3 Å². The van der Waals surface area contributed by atoms with E-state index in [4.69, 9.17) is 0 Å². The summed E-state index contributed by atoms with van der Waals surface area (Å²) in [5.41, 5.74) is 3.61. The third kappa shape index (κ3) is 4.45. The van der Waals surface area contributed by atoms with Gasteiger partial charge in [0.2, 0.25) is 10.0 Å². The molecule has 2 aromatic rings. The Labute approximate surface area is 160 Å². The Morgan fingerprint density at radius 3 is 2.42 bits per heavy atom. The summed E-state index contributed by atoms with van der Waals surface area (Å²) in [5, 5.41) is 3.11. The Kier molecular flexibility index (Phi) is 5.99. The van der Waals surface area contributed by atoms with Gasteiger partial charge >= 0.3 is 0 Å². The summed E-state index contributed by atoms with van der Waals surface area (Å²) in [7, 11) is -3.51. The third-order valence-electron chi connectivity index (χ3n) is 4.71. The number of hydrogen-bond donors (Lipinski definition) is 1. The van der Waals surface area contributed by atoms with Crippen molar-refractivity contribution in [1.82, 2.24) is 9.71 Å². The maximum atomic E-state index is 12.7. The normalized spacial score (nSPS) is 15.4. The van der Waals surface area contributed by atoms with Gasteiger partial charge in [0, 0.05) is 31.4 Å². The first kappa shape index (κ1) is 19.3. The smallest absolute Gasteiger partial charge is 0.241 e. The van der Waals surface area contributed by atoms with Gasteiger partial charge in [-0.15, -0.1) is 11.3 Å². The monoisotopic (exact) mass is 393 g/mol. The van der Waals surface area contributed by atoms with Gasteiger partial charge in [0.1, 0.15) is 0 Å². The molecule has 26 heavy (non-hydrogen) atoms. The van der Waals surface area contributed by atoms with Gasteiger partial charge in [-0.2, -0.15) is 0 Å². The van der Waals surface area contributed by atoms with Crippen LogP contribution in [0.3, 0.4) is 0 Å². The second kappa shape index (κ2) is 8.06. The number of piperidine rings is 1. The molecule has 1 saturated heterocycles. The van der Waals surface area contributed by atoms with Gasteiger partial charge in [-0.1, -0.05) is 17.7 Å². The highest BCUT2D eigenvalue weighted by Gasteiger charge is 2.20. The molecule has 0 bridgehead atoms. The van der Waals surface area contributed by atoms with Crippen LogP contribution < -0.4 is 9.62 Å². The standard InChI is InChI=1S/C19H27N3O2S2/c1-14-11-15(2)18(16(3)12-14)26(23,24)20-8-7-17-13-25-19(21-17)22-9-5-4-6-10-22/h11-13,20H,4-10H2,1-3H3. The second-order valence-corrected chi connectivity index (χ2v) is 9.59. The van der Waals surface area contributed by atoms with Crippen LogP contribution in [0.5, 0.6) is 0 Å². The Morgan fingerprint density at radius 1 is 1.12 bits per heavy atom. The van der Waals surface area contributed by atoms with Gasteiger partial charge in [-0.25, -0.2) is 18.1 Å². The van der Waals surface area contributed by atoms with E-state index < -0.39 is 10.0 Å². The number of thiazole rings is 1. The van der Waals surface area contributed by atoms with E-state index >= 15 is 0 Å². The number of anilines is 1. The molecule has 0 amide bonds. The van der Waals surface area contributed by atoms with Gasteiger partial charge in [0.15, 0.2) is 5.13 Å². The zero-order valence-electron chi connectivity index (χ0n) is 15.7. The molecule has 3 rings (SSSR count). The minimum absolute atomic E-state index is 0.359. The van der Waals surface area contributed by atoms with Gasteiger partial charge in [-0.05, 0) is 51.2 Å². The predicted octanol–water partition coefficient (Wildman–Crippen LogP) is 3.58. The van der Waals surface area contributed by atoms with Crippen LogP contribution >= 0.6 is 11.3 Å². The minimum Gasteiger partial charge on any atom is -0.348 e. The SMILES string of the molecule is Cc1cc(C)c(S(=O)(=O)NCCc2csc(N3CCCCC3)n2)c(C)c1. The predicted molar refractivity (Wildman–Crippen MR) is 108 cm³/mol. The van der Waals surface area contributed by atoms with E-state index in [0.717, 1.165) is 40.6 Å². The molecule has 1 aromatic heterocycles. The van der Waals surface area contributed by atoms with Gasteiger partial charge in [-0.3, -0.25) is 0 Å². The molecule has 0 aliphatic carbocycles. The molecule has 1 fully saturated rings. The number of aryl methyl sites for hydroxylation is 3. The average Bonchev–Trinajstić information content (AvgIpc) is 3.03. The van der Waals surface area contributed by atoms with E-state index in [2.05, 4.69) is 14.6 Å². The van der Waals surface area contributed by atoms with Crippen molar-refractivity contribution in [1.29, 1.82) is 0 Å². The Morgan fingerprint density at radius 2 is 1.77 bits per heavy atom. The summed E-state index contributed by atoms with van der Waals surface area (Å²) in [6.07, 6.45) is 4.36. The quantitative estimate of drug-likeness (QED) is 0.815. The molecule has 0 saturated carbocycles. The van der Waals surface area contributed by atoms with E-state index in [1.165, 1.54) is 19.3 Å². The molecule has 7 heteroatoms. The number of hydrogen-bond acceptors (Lipinski definition) is 5. The molecule has 0 spiro atoms. The lowest BCUT2D eigenvalue weighted by Crippen LogP contribution is -2.29. The molecule has 0 radical (unpaired) electrons. The van der Waals surface area contributed by atoms with E-state index in [-0.39, 0.29) is 0 Å². The lowest BCUT2D eigenvalue weighted by Gasteiger charge is -2.25. The number of benzene rings is 1. The number of sulfonamides is 1. The van der Waals surface area contributed by atoms with Crippen molar-refractivity contribution in [3.63, 3.8) is 0 Å². The summed E-state index contributed by atoms with van der Waals surface area (Å²) in [5.74, 6) is 0. The highest BCUT2D eigenvalue weighted by atomic mass is 32.2. The summed E-state index contributed by atoms with van der Waals surface area (Å²) in [6.45, 7) is 8.18. The minimum atomic E-state index is -3.51. The zero-order chi connectivity index (χ0) is 18.7. The number of nitrogens with zero attached hydrogens (tertiary/aromatic N) is 2. The molecule has 2 heterocycles. The summed E-state index contributed by atoms with van der Waals surface area (Å²) < 4.78 is 28.1. The second-order valence-electron chi connectivity index (χ2n) is 7.04. The maximum Gasteiger partial charge on any atom is 0.241 e. The molecule has 1 aliphatic rings. The summed E-state index contributed by atoms with van der Waals surface area (Å²) >= 11 is 1.65. The maximum absolute atomic E-state index is 12.7. The van der Waals surface area contributed by atoms with E-state index in [9.17, 15) is 8.42 Å². The molecule has 0 atom stereocenters. The number of aromatic nitrogens is 1. The number of rotatable bonds is 6. The van der Waals surface area contributed by atoms with Crippen LogP contribution in [0.4, 0.5) is 5.13 Å². The van der Waals surface area contributed by atoms with Crippen molar-refractivity contribution in [2.45, 2.75) is 51.3 Å². The van der Waals surface area contributed by atoms with Crippen molar-refractivity contribution >= 4 is 26.5 Å². The van der Waals surface area contributed by atoms with Gasteiger partial charge in [0.05, 0.1) is 10.6 Å². The van der Waals surface area contributed by atoms with E-state index in [1.54, 1.807) is 11.3 Å². The van der Waals surface area contributed by atoms with Gasteiger partial charge in [0.25, 0.3) is 0 Å². The molecule has 1 N–H and O–H groups in total. The van der Waals surface area contributed by atoms with Crippen LogP contribution in [0.15, 0.2) is 22.4 Å². The van der Waals surface area contributed by atoms with Crippen LogP contribution in [-0.4, -0.2) is 33.0 Å².